The van der Waals surface area contributed by atoms with Crippen molar-refractivity contribution < 1.29 is 9.53 Å². The van der Waals surface area contributed by atoms with Crippen molar-refractivity contribution in [2.24, 2.45) is 0 Å². The number of amides is 1. The monoisotopic (exact) mass is 384 g/mol. The second-order valence-electron chi connectivity index (χ2n) is 6.49. The third kappa shape index (κ3) is 4.87. The Balaban J connectivity index is 1.39. The molecule has 144 valence electrons. The average molecular weight is 384 g/mol. The molecule has 0 aliphatic rings. The third-order valence-corrected chi connectivity index (χ3v) is 4.34. The van der Waals surface area contributed by atoms with E-state index in [1.807, 2.05) is 84.9 Å². The van der Waals surface area contributed by atoms with Crippen molar-refractivity contribution in [3.05, 3.63) is 108 Å². The zero-order valence-electron chi connectivity index (χ0n) is 15.7. The van der Waals surface area contributed by atoms with E-state index in [2.05, 4.69) is 15.6 Å². The fourth-order valence-corrected chi connectivity index (χ4v) is 2.88. The molecule has 0 bridgehead atoms. The molecule has 1 amide bonds. The Hall–Kier alpha value is -3.93. The van der Waals surface area contributed by atoms with Crippen LogP contribution in [0.3, 0.4) is 0 Å². The lowest BCUT2D eigenvalue weighted by atomic mass is 10.2. The standard InChI is InChI=1S/C23H20N4O2/c28-23(21-17-27(26-25-21)16-18-9-3-1-4-10-18)24-15-19-11-7-8-14-22(19)29-20-12-5-2-6-13-20/h1-14,17H,15-16H2,(H,24,28). The molecule has 4 rings (SSSR count). The lowest BCUT2D eigenvalue weighted by Gasteiger charge is -2.11. The van der Waals surface area contributed by atoms with Crippen LogP contribution in [-0.2, 0) is 13.1 Å². The molecule has 0 fully saturated rings. The highest BCUT2D eigenvalue weighted by molar-refractivity contribution is 5.91. The van der Waals surface area contributed by atoms with Crippen molar-refractivity contribution in [1.29, 1.82) is 0 Å². The first-order valence-electron chi connectivity index (χ1n) is 9.31. The minimum Gasteiger partial charge on any atom is -0.457 e. The molecule has 0 spiro atoms. The van der Waals surface area contributed by atoms with Crippen LogP contribution in [0.15, 0.2) is 91.1 Å². The summed E-state index contributed by atoms with van der Waals surface area (Å²) in [7, 11) is 0. The molecular formula is C23H20N4O2. The van der Waals surface area contributed by atoms with Crippen LogP contribution in [0.4, 0.5) is 0 Å². The summed E-state index contributed by atoms with van der Waals surface area (Å²) < 4.78 is 7.58. The van der Waals surface area contributed by atoms with Crippen LogP contribution in [0.1, 0.15) is 21.6 Å². The van der Waals surface area contributed by atoms with Gasteiger partial charge in [-0.3, -0.25) is 4.79 Å². The number of nitrogens with zero attached hydrogens (tertiary/aromatic N) is 3. The van der Waals surface area contributed by atoms with E-state index in [-0.39, 0.29) is 11.6 Å². The van der Waals surface area contributed by atoms with E-state index >= 15 is 0 Å². The normalized spacial score (nSPS) is 10.5. The number of hydrogen-bond acceptors (Lipinski definition) is 4. The van der Waals surface area contributed by atoms with Crippen LogP contribution in [-0.4, -0.2) is 20.9 Å². The van der Waals surface area contributed by atoms with Crippen LogP contribution in [0, 0.1) is 0 Å². The van der Waals surface area contributed by atoms with Crippen LogP contribution in [0.25, 0.3) is 0 Å². The first-order chi connectivity index (χ1) is 14.3. The molecule has 6 heteroatoms. The Kier molecular flexibility index (Phi) is 5.62. The summed E-state index contributed by atoms with van der Waals surface area (Å²) in [6, 6.07) is 27.1. The van der Waals surface area contributed by atoms with E-state index in [1.165, 1.54) is 0 Å². The maximum Gasteiger partial charge on any atom is 0.273 e. The van der Waals surface area contributed by atoms with Gasteiger partial charge in [0, 0.05) is 12.1 Å². The molecule has 6 nitrogen and oxygen atoms in total. The van der Waals surface area contributed by atoms with E-state index in [0.717, 1.165) is 16.9 Å². The van der Waals surface area contributed by atoms with Gasteiger partial charge in [0.25, 0.3) is 5.91 Å². The number of carbonyl (C=O) groups excluding carboxylic acids is 1. The minimum absolute atomic E-state index is 0.279. The Morgan fingerprint density at radius 1 is 0.897 bits per heavy atom. The van der Waals surface area contributed by atoms with Crippen LogP contribution < -0.4 is 10.1 Å². The van der Waals surface area contributed by atoms with E-state index < -0.39 is 0 Å². The highest BCUT2D eigenvalue weighted by Gasteiger charge is 2.12. The number of hydrogen-bond donors (Lipinski definition) is 1. The van der Waals surface area contributed by atoms with Gasteiger partial charge in [-0.1, -0.05) is 71.9 Å². The van der Waals surface area contributed by atoms with Gasteiger partial charge in [-0.05, 0) is 23.8 Å². The zero-order chi connectivity index (χ0) is 19.9. The van der Waals surface area contributed by atoms with Gasteiger partial charge >= 0.3 is 0 Å². The molecule has 4 aromatic rings. The van der Waals surface area contributed by atoms with Crippen molar-refractivity contribution in [2.75, 3.05) is 0 Å². The van der Waals surface area contributed by atoms with Crippen LogP contribution in [0.5, 0.6) is 11.5 Å². The molecule has 29 heavy (non-hydrogen) atoms. The maximum absolute atomic E-state index is 12.5. The van der Waals surface area contributed by atoms with Crippen molar-refractivity contribution in [2.45, 2.75) is 13.1 Å². The fraction of sp³-hybridized carbons (Fsp3) is 0.0870. The number of benzene rings is 3. The van der Waals surface area contributed by atoms with E-state index in [4.69, 9.17) is 4.74 Å². The van der Waals surface area contributed by atoms with Crippen molar-refractivity contribution in [3.8, 4) is 11.5 Å². The Morgan fingerprint density at radius 3 is 2.38 bits per heavy atom. The van der Waals surface area contributed by atoms with Crippen molar-refractivity contribution in [3.63, 3.8) is 0 Å². The van der Waals surface area contributed by atoms with Gasteiger partial charge in [0.05, 0.1) is 12.7 Å². The zero-order valence-corrected chi connectivity index (χ0v) is 15.7. The molecular weight excluding hydrogens is 364 g/mol. The molecule has 0 saturated carbocycles. The fourth-order valence-electron chi connectivity index (χ4n) is 2.88. The van der Waals surface area contributed by atoms with E-state index in [9.17, 15) is 4.79 Å². The number of para-hydroxylation sites is 2. The van der Waals surface area contributed by atoms with Gasteiger partial charge in [0.2, 0.25) is 0 Å². The Bertz CT molecular complexity index is 1080. The first kappa shape index (κ1) is 18.4. The summed E-state index contributed by atoms with van der Waals surface area (Å²) in [5.74, 6) is 1.17. The summed E-state index contributed by atoms with van der Waals surface area (Å²) in [5.41, 5.74) is 2.25. The Morgan fingerprint density at radius 2 is 1.59 bits per heavy atom. The maximum atomic E-state index is 12.5. The number of ether oxygens (including phenoxy) is 1. The molecule has 0 aliphatic heterocycles. The van der Waals surface area contributed by atoms with Gasteiger partial charge in [0.1, 0.15) is 11.5 Å². The van der Waals surface area contributed by atoms with Gasteiger partial charge in [-0.15, -0.1) is 5.10 Å². The lowest BCUT2D eigenvalue weighted by molar-refractivity contribution is 0.0945. The first-order valence-corrected chi connectivity index (χ1v) is 9.31. The predicted octanol–water partition coefficient (Wildman–Crippen LogP) is 4.05. The molecule has 0 saturated heterocycles. The molecule has 1 heterocycles. The average Bonchev–Trinajstić information content (AvgIpc) is 3.23. The SMILES string of the molecule is O=C(NCc1ccccc1Oc1ccccc1)c1cn(Cc2ccccc2)nn1. The molecule has 1 aromatic heterocycles. The second kappa shape index (κ2) is 8.84. The molecule has 0 atom stereocenters. The molecule has 3 aromatic carbocycles. The quantitative estimate of drug-likeness (QED) is 0.522. The Labute approximate surface area is 168 Å². The van der Waals surface area contributed by atoms with Crippen molar-refractivity contribution >= 4 is 5.91 Å². The summed E-state index contributed by atoms with van der Waals surface area (Å²) >= 11 is 0. The highest BCUT2D eigenvalue weighted by atomic mass is 16.5. The number of rotatable bonds is 7. The summed E-state index contributed by atoms with van der Waals surface area (Å²) in [6.07, 6.45) is 1.65. The number of nitrogens with one attached hydrogen (secondary N) is 1. The van der Waals surface area contributed by atoms with Crippen LogP contribution >= 0.6 is 0 Å². The van der Waals surface area contributed by atoms with Crippen LogP contribution in [0.2, 0.25) is 0 Å². The topological polar surface area (TPSA) is 69.0 Å². The van der Waals surface area contributed by atoms with Gasteiger partial charge in [0.15, 0.2) is 5.69 Å². The molecule has 0 aliphatic carbocycles. The lowest BCUT2D eigenvalue weighted by Crippen LogP contribution is -2.23. The molecule has 0 radical (unpaired) electrons. The summed E-state index contributed by atoms with van der Waals surface area (Å²) in [6.45, 7) is 0.891. The smallest absolute Gasteiger partial charge is 0.273 e. The number of aromatic nitrogens is 3. The van der Waals surface area contributed by atoms with E-state index in [1.54, 1.807) is 10.9 Å². The number of carbonyl (C=O) groups is 1. The van der Waals surface area contributed by atoms with E-state index in [0.29, 0.717) is 18.8 Å². The minimum atomic E-state index is -0.279. The molecule has 0 unspecified atom stereocenters. The second-order valence-corrected chi connectivity index (χ2v) is 6.49. The van der Waals surface area contributed by atoms with Crippen molar-refractivity contribution in [1.82, 2.24) is 20.3 Å². The summed E-state index contributed by atoms with van der Waals surface area (Å²) in [5, 5.41) is 10.9. The van der Waals surface area contributed by atoms with Gasteiger partial charge < -0.3 is 10.1 Å². The summed E-state index contributed by atoms with van der Waals surface area (Å²) in [4.78, 5) is 12.5. The van der Waals surface area contributed by atoms with Gasteiger partial charge in [-0.2, -0.15) is 0 Å². The third-order valence-electron chi connectivity index (χ3n) is 4.34. The molecule has 1 N–H and O–H groups in total. The predicted molar refractivity (Wildman–Crippen MR) is 110 cm³/mol. The van der Waals surface area contributed by atoms with Gasteiger partial charge in [-0.25, -0.2) is 4.68 Å². The highest BCUT2D eigenvalue weighted by Crippen LogP contribution is 2.24. The largest absolute Gasteiger partial charge is 0.457 e.